The van der Waals surface area contributed by atoms with Gasteiger partial charge in [-0.05, 0) is 115 Å². The molecule has 0 aliphatic carbocycles. The summed E-state index contributed by atoms with van der Waals surface area (Å²) in [7, 11) is -3.17. The third-order valence-electron chi connectivity index (χ3n) is 13.5. The van der Waals surface area contributed by atoms with Gasteiger partial charge in [0.25, 0.3) is 0 Å². The predicted octanol–water partition coefficient (Wildman–Crippen LogP) is 12.7. The Hall–Kier alpha value is -7.86. The van der Waals surface area contributed by atoms with Crippen molar-refractivity contribution in [2.45, 2.75) is 40.0 Å². The fourth-order valence-corrected chi connectivity index (χ4v) is 14.8. The lowest BCUT2D eigenvalue weighted by Gasteiger charge is -2.34. The predicted molar refractivity (Wildman–Crippen MR) is 284 cm³/mol. The molecule has 324 valence electrons. The highest BCUT2D eigenvalue weighted by Crippen LogP contribution is 2.36. The highest BCUT2D eigenvalue weighted by molar-refractivity contribution is 7.20. The topological polar surface area (TPSA) is 35.6 Å². The molecule has 0 atom stereocenters. The fraction of sp³-hybridized carbons (Fsp3) is 0.0968. The van der Waals surface area contributed by atoms with Crippen LogP contribution in [0.25, 0.3) is 66.7 Å². The van der Waals surface area contributed by atoms with Gasteiger partial charge in [0, 0.05) is 38.4 Å². The summed E-state index contributed by atoms with van der Waals surface area (Å²) in [5, 5.41) is 11.9. The minimum atomic E-state index is -3.17. The van der Waals surface area contributed by atoms with Crippen LogP contribution in [-0.4, -0.2) is 27.4 Å². The van der Waals surface area contributed by atoms with Gasteiger partial charge in [-0.1, -0.05) is 191 Å². The molecule has 0 saturated carbocycles. The van der Waals surface area contributed by atoms with E-state index in [1.54, 1.807) is 12.3 Å². The van der Waals surface area contributed by atoms with Gasteiger partial charge in [0.1, 0.15) is 5.82 Å². The summed E-state index contributed by atoms with van der Waals surface area (Å²) in [4.78, 5) is 5.12. The average Bonchev–Trinajstić information content (AvgIpc) is 4.00. The first-order chi connectivity index (χ1) is 33.9. The Morgan fingerprint density at radius 1 is 0.478 bits per heavy atom. The van der Waals surface area contributed by atoms with Crippen LogP contribution < -0.4 is 20.7 Å². The molecule has 0 fully saturated rings. The highest BCUT2D eigenvalue weighted by Gasteiger charge is 2.42. The maximum Gasteiger partial charge on any atom is 0.179 e. The van der Waals surface area contributed by atoms with E-state index in [2.05, 4.69) is 202 Å². The lowest BCUT2D eigenvalue weighted by Crippen LogP contribution is -2.74. The molecule has 3 heterocycles. The Morgan fingerprint density at radius 2 is 1.13 bits per heavy atom. The molecule has 4 nitrogen and oxygen atoms in total. The summed E-state index contributed by atoms with van der Waals surface area (Å²) in [6.45, 7) is 6.54. The average molecular weight is 884 g/mol. The molecule has 11 aromatic rings. The van der Waals surface area contributed by atoms with Crippen LogP contribution in [0.1, 0.15) is 41.6 Å². The Morgan fingerprint density at radius 3 is 1.81 bits per heavy atom. The van der Waals surface area contributed by atoms with Gasteiger partial charge in [-0.3, -0.25) is 4.57 Å². The second-order valence-electron chi connectivity index (χ2n) is 18.6. The zero-order valence-electron chi connectivity index (χ0n) is 41.2. The number of fused-ring (bicyclic) bond motifs is 3. The Balaban J connectivity index is 1.16. The van der Waals surface area contributed by atoms with Gasteiger partial charge in [-0.2, -0.15) is 5.10 Å². The van der Waals surface area contributed by atoms with Crippen LogP contribution in [0, 0.1) is 13.8 Å². The maximum atomic E-state index is 8.79. The van der Waals surface area contributed by atoms with E-state index < -0.39 is 14.9 Å². The van der Waals surface area contributed by atoms with E-state index in [1.807, 2.05) is 47.3 Å². The zero-order chi connectivity index (χ0) is 48.2. The van der Waals surface area contributed by atoms with E-state index in [0.29, 0.717) is 11.4 Å². The summed E-state index contributed by atoms with van der Waals surface area (Å²) in [5.74, 6) is 0.543. The molecule has 8 aromatic carbocycles. The summed E-state index contributed by atoms with van der Waals surface area (Å²) < 4.78 is 30.6. The summed E-state index contributed by atoms with van der Waals surface area (Å²) >= 11 is 0. The molecule has 0 spiro atoms. The first-order valence-corrected chi connectivity index (χ1v) is 25.0. The smallest absolute Gasteiger partial charge is 0.179 e. The highest BCUT2D eigenvalue weighted by atomic mass is 28.3. The molecule has 0 unspecified atom stereocenters. The van der Waals surface area contributed by atoms with Crippen molar-refractivity contribution in [2.24, 2.45) is 0 Å². The SMILES string of the molecule is [2H]C([2H])([2H])c1cc(-n2c3ccc(-c4ccccc4)cc3c3ccc([Si](c4ccccc4)(c4ccccc4)c4cccc(-n5cc(-c6ccc(C(C)(C)C)cc6C)cn5)c4)cc32)ncc1-c1ccccc1. The van der Waals surface area contributed by atoms with Crippen LogP contribution in [0.15, 0.2) is 225 Å². The lowest BCUT2D eigenvalue weighted by atomic mass is 9.85. The van der Waals surface area contributed by atoms with Crippen molar-refractivity contribution in [3.05, 3.63) is 242 Å². The first-order valence-electron chi connectivity index (χ1n) is 24.5. The number of benzene rings is 8. The molecular formula is C62H52N4Si. The quantitative estimate of drug-likeness (QED) is 0.107. The third-order valence-corrected chi connectivity index (χ3v) is 18.2. The summed E-state index contributed by atoms with van der Waals surface area (Å²) in [6, 6.07) is 72.9. The number of aryl methyl sites for hydroxylation is 2. The lowest BCUT2D eigenvalue weighted by molar-refractivity contribution is 0.590. The zero-order valence-corrected chi connectivity index (χ0v) is 39.2. The van der Waals surface area contributed by atoms with Crippen molar-refractivity contribution >= 4 is 50.6 Å². The van der Waals surface area contributed by atoms with Gasteiger partial charge < -0.3 is 0 Å². The van der Waals surface area contributed by atoms with Gasteiger partial charge in [0.15, 0.2) is 8.07 Å². The molecule has 0 aliphatic rings. The van der Waals surface area contributed by atoms with Crippen LogP contribution in [-0.2, 0) is 5.41 Å². The standard InChI is InChI=1S/C62H52N4Si/c1-43-35-49(62(3,4)5)30-32-55(43)48-40-64-65(42-48)50-23-18-28-53(38-50)67(51-24-14-8-15-25-51,52-26-16-9-17-27-52)54-31-33-56-57-37-47(45-19-10-6-11-20-45)29-34-59(57)66(60(56)39-54)61-36-44(2)58(41-63-61)46-21-12-7-13-22-46/h6-42H,1-5H3/i2D3. The molecule has 0 bridgehead atoms. The number of pyridine rings is 1. The monoisotopic (exact) mass is 883 g/mol. The van der Waals surface area contributed by atoms with Gasteiger partial charge in [0.2, 0.25) is 0 Å². The van der Waals surface area contributed by atoms with Gasteiger partial charge in [-0.15, -0.1) is 0 Å². The van der Waals surface area contributed by atoms with Crippen molar-refractivity contribution < 1.29 is 4.11 Å². The summed E-state index contributed by atoms with van der Waals surface area (Å²) in [6.07, 6.45) is 5.84. The van der Waals surface area contributed by atoms with E-state index >= 15 is 0 Å². The molecule has 0 amide bonds. The van der Waals surface area contributed by atoms with E-state index in [9.17, 15) is 0 Å². The largest absolute Gasteiger partial charge is 0.294 e. The minimum Gasteiger partial charge on any atom is -0.294 e. The normalized spacial score (nSPS) is 12.8. The van der Waals surface area contributed by atoms with Gasteiger partial charge >= 0.3 is 0 Å². The van der Waals surface area contributed by atoms with Gasteiger partial charge in [-0.25, -0.2) is 9.67 Å². The van der Waals surface area contributed by atoms with E-state index in [4.69, 9.17) is 14.2 Å². The van der Waals surface area contributed by atoms with E-state index in [1.165, 1.54) is 37.4 Å². The van der Waals surface area contributed by atoms with Gasteiger partial charge in [0.05, 0.1) is 22.9 Å². The van der Waals surface area contributed by atoms with Crippen molar-refractivity contribution in [3.8, 4) is 44.9 Å². The van der Waals surface area contributed by atoms with Crippen LogP contribution in [0.3, 0.4) is 0 Å². The molecule has 3 aromatic heterocycles. The van der Waals surface area contributed by atoms with Crippen molar-refractivity contribution in [1.29, 1.82) is 0 Å². The van der Waals surface area contributed by atoms with Crippen LogP contribution >= 0.6 is 0 Å². The number of hydrogen-bond acceptors (Lipinski definition) is 2. The second-order valence-corrected chi connectivity index (χ2v) is 22.4. The molecule has 0 saturated heterocycles. The molecule has 67 heavy (non-hydrogen) atoms. The molecule has 0 radical (unpaired) electrons. The Bertz CT molecular complexity index is 3650. The van der Waals surface area contributed by atoms with E-state index in [-0.39, 0.29) is 11.0 Å². The third kappa shape index (κ3) is 7.42. The molecule has 0 aliphatic heterocycles. The fourth-order valence-electron chi connectivity index (χ4n) is 10.0. The maximum absolute atomic E-state index is 8.79. The van der Waals surface area contributed by atoms with Crippen molar-refractivity contribution in [3.63, 3.8) is 0 Å². The van der Waals surface area contributed by atoms with Crippen molar-refractivity contribution in [2.75, 3.05) is 0 Å². The Kier molecular flexibility index (Phi) is 9.66. The molecule has 0 N–H and O–H groups in total. The number of nitrogens with zero attached hydrogens (tertiary/aromatic N) is 4. The molecular weight excluding hydrogens is 829 g/mol. The minimum absolute atomic E-state index is 0.0586. The van der Waals surface area contributed by atoms with Crippen molar-refractivity contribution in [1.82, 2.24) is 19.3 Å². The Labute approximate surface area is 398 Å². The summed E-state index contributed by atoms with van der Waals surface area (Å²) in [5.41, 5.74) is 11.6. The molecule has 5 heteroatoms. The number of aromatic nitrogens is 4. The van der Waals surface area contributed by atoms with Crippen LogP contribution in [0.4, 0.5) is 0 Å². The van der Waals surface area contributed by atoms with Crippen LogP contribution in [0.2, 0.25) is 0 Å². The van der Waals surface area contributed by atoms with E-state index in [0.717, 1.165) is 49.7 Å². The number of rotatable bonds is 9. The van der Waals surface area contributed by atoms with Crippen LogP contribution in [0.5, 0.6) is 0 Å². The second kappa shape index (κ2) is 16.8. The molecule has 11 rings (SSSR count). The number of hydrogen-bond donors (Lipinski definition) is 0. The first kappa shape index (κ1) is 38.4.